The first-order chi connectivity index (χ1) is 9.29. The molecule has 0 atom stereocenters. The number of ether oxygens (including phenoxy) is 1. The maximum absolute atomic E-state index is 12.7. The molecule has 0 aromatic heterocycles. The number of unbranched alkanes of at least 4 members (excludes halogenated alkanes) is 1. The van der Waals surface area contributed by atoms with Crippen molar-refractivity contribution in [1.29, 1.82) is 0 Å². The number of allylic oxidation sites excluding steroid dienone is 1. The van der Waals surface area contributed by atoms with Gasteiger partial charge in [-0.15, -0.1) is 6.58 Å². The SMILES string of the molecule is C=CCCCC(=O)C1(c2ccccc2)CCOCC1. The Morgan fingerprint density at radius 1 is 1.26 bits per heavy atom. The van der Waals surface area contributed by atoms with Crippen LogP contribution in [0.5, 0.6) is 0 Å². The van der Waals surface area contributed by atoms with Gasteiger partial charge in [-0.1, -0.05) is 36.4 Å². The van der Waals surface area contributed by atoms with E-state index in [2.05, 4.69) is 18.7 Å². The summed E-state index contributed by atoms with van der Waals surface area (Å²) < 4.78 is 5.45. The highest BCUT2D eigenvalue weighted by Gasteiger charge is 2.40. The lowest BCUT2D eigenvalue weighted by Crippen LogP contribution is -2.41. The van der Waals surface area contributed by atoms with Crippen molar-refractivity contribution in [2.45, 2.75) is 37.5 Å². The molecular formula is C17H22O2. The first kappa shape index (κ1) is 14.0. The van der Waals surface area contributed by atoms with Crippen molar-refractivity contribution < 1.29 is 9.53 Å². The monoisotopic (exact) mass is 258 g/mol. The molecule has 2 nitrogen and oxygen atoms in total. The van der Waals surface area contributed by atoms with Gasteiger partial charge in [0.2, 0.25) is 0 Å². The van der Waals surface area contributed by atoms with E-state index in [4.69, 9.17) is 4.74 Å². The molecule has 19 heavy (non-hydrogen) atoms. The number of Topliss-reactive ketones (excluding diaryl/α,β-unsaturated/α-hetero) is 1. The van der Waals surface area contributed by atoms with Crippen LogP contribution < -0.4 is 0 Å². The summed E-state index contributed by atoms with van der Waals surface area (Å²) in [6.07, 6.45) is 5.95. The Kier molecular flexibility index (Phi) is 4.92. The summed E-state index contributed by atoms with van der Waals surface area (Å²) in [5.74, 6) is 0.365. The van der Waals surface area contributed by atoms with Gasteiger partial charge < -0.3 is 4.74 Å². The number of ketones is 1. The molecule has 0 radical (unpaired) electrons. The second-order valence-electron chi connectivity index (χ2n) is 5.16. The topological polar surface area (TPSA) is 26.3 Å². The average Bonchev–Trinajstić information content (AvgIpc) is 2.49. The van der Waals surface area contributed by atoms with Crippen molar-refractivity contribution in [3.63, 3.8) is 0 Å². The van der Waals surface area contributed by atoms with Gasteiger partial charge in [0, 0.05) is 19.6 Å². The Bertz CT molecular complexity index is 416. The van der Waals surface area contributed by atoms with E-state index >= 15 is 0 Å². The normalized spacial score (nSPS) is 17.9. The molecule has 0 saturated carbocycles. The Hall–Kier alpha value is -1.41. The van der Waals surface area contributed by atoms with E-state index in [1.54, 1.807) is 0 Å². The van der Waals surface area contributed by atoms with Crippen LogP contribution in [0.4, 0.5) is 0 Å². The first-order valence-electron chi connectivity index (χ1n) is 7.07. The zero-order valence-electron chi connectivity index (χ0n) is 11.4. The van der Waals surface area contributed by atoms with Crippen molar-refractivity contribution in [3.8, 4) is 0 Å². The number of carbonyl (C=O) groups is 1. The van der Waals surface area contributed by atoms with Gasteiger partial charge in [0.05, 0.1) is 5.41 Å². The highest BCUT2D eigenvalue weighted by atomic mass is 16.5. The molecule has 1 aromatic rings. The van der Waals surface area contributed by atoms with Crippen LogP contribution in [0, 0.1) is 0 Å². The van der Waals surface area contributed by atoms with E-state index in [9.17, 15) is 4.79 Å². The molecule has 0 amide bonds. The second kappa shape index (κ2) is 6.67. The number of hydrogen-bond acceptors (Lipinski definition) is 2. The maximum atomic E-state index is 12.7. The van der Waals surface area contributed by atoms with E-state index in [1.165, 1.54) is 0 Å². The highest BCUT2D eigenvalue weighted by molar-refractivity contribution is 5.90. The molecule has 0 N–H and O–H groups in total. The van der Waals surface area contributed by atoms with Gasteiger partial charge in [-0.05, 0) is 31.2 Å². The molecular weight excluding hydrogens is 236 g/mol. The van der Waals surface area contributed by atoms with Crippen molar-refractivity contribution >= 4 is 5.78 Å². The predicted molar refractivity (Wildman–Crippen MR) is 77.2 cm³/mol. The standard InChI is InChI=1S/C17H22O2/c1-2-3-5-10-16(18)17(11-13-19-14-12-17)15-8-6-4-7-9-15/h2,4,6-9H,1,3,5,10-14H2. The second-order valence-corrected chi connectivity index (χ2v) is 5.16. The average molecular weight is 258 g/mol. The molecule has 1 fully saturated rings. The molecule has 1 aromatic carbocycles. The van der Waals surface area contributed by atoms with Gasteiger partial charge in [0.25, 0.3) is 0 Å². The van der Waals surface area contributed by atoms with E-state index in [1.807, 2.05) is 24.3 Å². The van der Waals surface area contributed by atoms with Gasteiger partial charge >= 0.3 is 0 Å². The molecule has 1 heterocycles. The maximum Gasteiger partial charge on any atom is 0.143 e. The minimum absolute atomic E-state index is 0.319. The molecule has 0 spiro atoms. The highest BCUT2D eigenvalue weighted by Crippen LogP contribution is 2.37. The molecule has 1 aliphatic rings. The third-order valence-corrected chi connectivity index (χ3v) is 4.02. The predicted octanol–water partition coefficient (Wildman–Crippen LogP) is 3.66. The van der Waals surface area contributed by atoms with E-state index in [0.29, 0.717) is 25.4 Å². The lowest BCUT2D eigenvalue weighted by atomic mass is 9.70. The minimum atomic E-state index is -0.319. The Morgan fingerprint density at radius 2 is 1.95 bits per heavy atom. The van der Waals surface area contributed by atoms with Crippen molar-refractivity contribution in [1.82, 2.24) is 0 Å². The number of benzene rings is 1. The van der Waals surface area contributed by atoms with Crippen LogP contribution in [-0.2, 0) is 14.9 Å². The largest absolute Gasteiger partial charge is 0.381 e. The van der Waals surface area contributed by atoms with Crippen LogP contribution in [0.25, 0.3) is 0 Å². The minimum Gasteiger partial charge on any atom is -0.381 e. The molecule has 0 aliphatic carbocycles. The third kappa shape index (κ3) is 3.13. The molecule has 0 unspecified atom stereocenters. The molecule has 2 rings (SSSR count). The van der Waals surface area contributed by atoms with E-state index in [0.717, 1.165) is 31.2 Å². The molecule has 0 bridgehead atoms. The van der Waals surface area contributed by atoms with Crippen LogP contribution in [-0.4, -0.2) is 19.0 Å². The fourth-order valence-corrected chi connectivity index (χ4v) is 2.85. The fraction of sp³-hybridized carbons (Fsp3) is 0.471. The van der Waals surface area contributed by atoms with Crippen LogP contribution >= 0.6 is 0 Å². The summed E-state index contributed by atoms with van der Waals surface area (Å²) in [4.78, 5) is 12.7. The smallest absolute Gasteiger partial charge is 0.143 e. The number of carbonyl (C=O) groups excluding carboxylic acids is 1. The van der Waals surface area contributed by atoms with Gasteiger partial charge in [0.15, 0.2) is 0 Å². The van der Waals surface area contributed by atoms with Crippen LogP contribution in [0.15, 0.2) is 43.0 Å². The molecule has 2 heteroatoms. The summed E-state index contributed by atoms with van der Waals surface area (Å²) in [6.45, 7) is 5.08. The quantitative estimate of drug-likeness (QED) is 0.575. The van der Waals surface area contributed by atoms with E-state index < -0.39 is 0 Å². The van der Waals surface area contributed by atoms with Crippen LogP contribution in [0.3, 0.4) is 0 Å². The number of hydrogen-bond donors (Lipinski definition) is 0. The van der Waals surface area contributed by atoms with Gasteiger partial charge in [-0.3, -0.25) is 4.79 Å². The molecule has 1 saturated heterocycles. The Morgan fingerprint density at radius 3 is 2.58 bits per heavy atom. The van der Waals surface area contributed by atoms with Crippen molar-refractivity contribution in [2.24, 2.45) is 0 Å². The zero-order valence-corrected chi connectivity index (χ0v) is 11.4. The van der Waals surface area contributed by atoms with Crippen LogP contribution in [0.1, 0.15) is 37.7 Å². The lowest BCUT2D eigenvalue weighted by molar-refractivity contribution is -0.128. The molecule has 102 valence electrons. The fourth-order valence-electron chi connectivity index (χ4n) is 2.85. The number of rotatable bonds is 6. The Labute approximate surface area is 115 Å². The van der Waals surface area contributed by atoms with Crippen molar-refractivity contribution in [3.05, 3.63) is 48.6 Å². The third-order valence-electron chi connectivity index (χ3n) is 4.02. The van der Waals surface area contributed by atoms with Gasteiger partial charge in [-0.25, -0.2) is 0 Å². The van der Waals surface area contributed by atoms with Crippen LogP contribution in [0.2, 0.25) is 0 Å². The molecule has 1 aliphatic heterocycles. The lowest BCUT2D eigenvalue weighted by Gasteiger charge is -2.36. The summed E-state index contributed by atoms with van der Waals surface area (Å²) in [5, 5.41) is 0. The summed E-state index contributed by atoms with van der Waals surface area (Å²) in [5.41, 5.74) is 0.836. The summed E-state index contributed by atoms with van der Waals surface area (Å²) >= 11 is 0. The Balaban J connectivity index is 2.19. The summed E-state index contributed by atoms with van der Waals surface area (Å²) in [7, 11) is 0. The van der Waals surface area contributed by atoms with Gasteiger partial charge in [-0.2, -0.15) is 0 Å². The zero-order chi connectivity index (χ0) is 13.6. The van der Waals surface area contributed by atoms with E-state index in [-0.39, 0.29) is 5.41 Å². The van der Waals surface area contributed by atoms with Crippen molar-refractivity contribution in [2.75, 3.05) is 13.2 Å². The summed E-state index contributed by atoms with van der Waals surface area (Å²) in [6, 6.07) is 10.2. The van der Waals surface area contributed by atoms with Gasteiger partial charge in [0.1, 0.15) is 5.78 Å². The first-order valence-corrected chi connectivity index (χ1v) is 7.07.